The summed E-state index contributed by atoms with van der Waals surface area (Å²) in [6.07, 6.45) is 0. The van der Waals surface area contributed by atoms with Crippen LogP contribution in [0.5, 0.6) is 0 Å². The van der Waals surface area contributed by atoms with E-state index in [0.717, 1.165) is 0 Å². The topological polar surface area (TPSA) is 26.3 Å². The summed E-state index contributed by atoms with van der Waals surface area (Å²) in [5.74, 6) is -0.283. The first-order valence-corrected chi connectivity index (χ1v) is 5.64. The number of rotatable bonds is 2. The molecule has 0 radical (unpaired) electrons. The van der Waals surface area contributed by atoms with Crippen LogP contribution in [-0.2, 0) is 8.20 Å². The minimum absolute atomic E-state index is 0.170. The molecule has 0 saturated carbocycles. The van der Waals surface area contributed by atoms with Crippen LogP contribution in [-0.4, -0.2) is 35.4 Å². The molecular formula is C11H14O2Te. The van der Waals surface area contributed by atoms with Crippen molar-refractivity contribution in [3.05, 3.63) is 35.4 Å². The third kappa shape index (κ3) is 2.73. The number of ether oxygens (including phenoxy) is 1. The molecule has 76 valence electrons. The third-order valence-electron chi connectivity index (χ3n) is 2.01. The zero-order chi connectivity index (χ0) is 10.8. The first kappa shape index (κ1) is 11.6. The molecule has 0 atom stereocenters. The zero-order valence-electron chi connectivity index (χ0n) is 8.57. The Balaban J connectivity index is 2.95. The standard InChI is InChI=1S/C11H14O2Te/c1-11(2,14)9-6-4-8(5-7-9)10(12)13-3/h4-7,14H,1-3H3. The number of hydrogen-bond donors (Lipinski definition) is 0. The fourth-order valence-corrected chi connectivity index (χ4v) is 1.56. The number of carbonyl (C=O) groups is 1. The molecule has 0 aliphatic heterocycles. The Morgan fingerprint density at radius 3 is 2.14 bits per heavy atom. The molecule has 0 saturated heterocycles. The van der Waals surface area contributed by atoms with Crippen molar-refractivity contribution in [1.82, 2.24) is 0 Å². The van der Waals surface area contributed by atoms with Crippen LogP contribution in [0.25, 0.3) is 0 Å². The maximum atomic E-state index is 11.2. The van der Waals surface area contributed by atoms with Crippen molar-refractivity contribution in [2.75, 3.05) is 7.11 Å². The monoisotopic (exact) mass is 308 g/mol. The molecular weight excluding hydrogens is 292 g/mol. The Morgan fingerprint density at radius 2 is 1.79 bits per heavy atom. The fraction of sp³-hybridized carbons (Fsp3) is 0.364. The van der Waals surface area contributed by atoms with Crippen molar-refractivity contribution in [2.45, 2.75) is 17.3 Å². The van der Waals surface area contributed by atoms with Crippen molar-refractivity contribution in [3.8, 4) is 0 Å². The van der Waals surface area contributed by atoms with Gasteiger partial charge in [-0.25, -0.2) is 0 Å². The van der Waals surface area contributed by atoms with Gasteiger partial charge in [0.05, 0.1) is 0 Å². The van der Waals surface area contributed by atoms with E-state index in [1.807, 2.05) is 12.1 Å². The van der Waals surface area contributed by atoms with Gasteiger partial charge in [-0.05, 0) is 0 Å². The Kier molecular flexibility index (Phi) is 3.58. The van der Waals surface area contributed by atoms with Crippen LogP contribution in [0.3, 0.4) is 0 Å². The molecule has 0 fully saturated rings. The van der Waals surface area contributed by atoms with Gasteiger partial charge in [-0.1, -0.05) is 0 Å². The number of benzene rings is 1. The van der Waals surface area contributed by atoms with Crippen LogP contribution in [0, 0.1) is 0 Å². The van der Waals surface area contributed by atoms with Gasteiger partial charge >= 0.3 is 97.6 Å². The molecule has 1 aromatic rings. The minimum atomic E-state index is -0.283. The van der Waals surface area contributed by atoms with E-state index in [9.17, 15) is 4.79 Å². The van der Waals surface area contributed by atoms with Gasteiger partial charge in [0.25, 0.3) is 0 Å². The molecule has 0 aromatic heterocycles. The predicted molar refractivity (Wildman–Crippen MR) is 58.0 cm³/mol. The SMILES string of the molecule is COC(=O)c1ccc(C(C)(C)[TeH])cc1. The molecule has 0 N–H and O–H groups in total. The molecule has 0 spiro atoms. The summed E-state index contributed by atoms with van der Waals surface area (Å²) < 4.78 is 4.80. The Bertz CT molecular complexity index is 322. The van der Waals surface area contributed by atoms with Crippen LogP contribution < -0.4 is 0 Å². The second kappa shape index (κ2) is 4.33. The Hall–Kier alpha value is -0.520. The van der Waals surface area contributed by atoms with Gasteiger partial charge in [-0.2, -0.15) is 0 Å². The summed E-state index contributed by atoms with van der Waals surface area (Å²) in [4.78, 5) is 11.2. The number of hydrogen-bond acceptors (Lipinski definition) is 2. The molecule has 0 aliphatic rings. The van der Waals surface area contributed by atoms with E-state index >= 15 is 0 Å². The molecule has 1 rings (SSSR count). The van der Waals surface area contributed by atoms with E-state index in [1.165, 1.54) is 12.7 Å². The van der Waals surface area contributed by atoms with E-state index in [-0.39, 0.29) is 9.43 Å². The van der Waals surface area contributed by atoms with Crippen molar-refractivity contribution in [1.29, 1.82) is 0 Å². The van der Waals surface area contributed by atoms with Crippen LogP contribution in [0.4, 0.5) is 0 Å². The van der Waals surface area contributed by atoms with Crippen LogP contribution in [0.2, 0.25) is 0 Å². The normalized spacial score (nSPS) is 11.1. The fourth-order valence-electron chi connectivity index (χ4n) is 1.13. The van der Waals surface area contributed by atoms with Crippen molar-refractivity contribution in [2.24, 2.45) is 0 Å². The molecule has 0 heterocycles. The van der Waals surface area contributed by atoms with Crippen LogP contribution in [0.15, 0.2) is 24.3 Å². The average Bonchev–Trinajstić information content (AvgIpc) is 2.15. The summed E-state index contributed by atoms with van der Waals surface area (Å²) in [5, 5.41) is 0. The van der Waals surface area contributed by atoms with E-state index in [4.69, 9.17) is 0 Å². The Labute approximate surface area is 97.6 Å². The number of carbonyl (C=O) groups excluding carboxylic acids is 1. The average molecular weight is 306 g/mol. The van der Waals surface area contributed by atoms with Crippen molar-refractivity contribution < 1.29 is 9.53 Å². The maximum absolute atomic E-state index is 11.2. The van der Waals surface area contributed by atoms with Gasteiger partial charge in [0.15, 0.2) is 0 Å². The molecule has 3 heteroatoms. The molecule has 1 aromatic carbocycles. The van der Waals surface area contributed by atoms with E-state index in [0.29, 0.717) is 5.56 Å². The van der Waals surface area contributed by atoms with Gasteiger partial charge in [0.1, 0.15) is 0 Å². The van der Waals surface area contributed by atoms with E-state index in [2.05, 4.69) is 18.6 Å². The first-order valence-electron chi connectivity index (χ1n) is 4.36. The second-order valence-electron chi connectivity index (χ2n) is 3.63. The molecule has 14 heavy (non-hydrogen) atoms. The van der Waals surface area contributed by atoms with Gasteiger partial charge in [0, 0.05) is 0 Å². The summed E-state index contributed by atoms with van der Waals surface area (Å²) in [6, 6.07) is 7.57. The van der Waals surface area contributed by atoms with Crippen molar-refractivity contribution >= 4 is 28.3 Å². The quantitative estimate of drug-likeness (QED) is 0.613. The number of esters is 1. The summed E-state index contributed by atoms with van der Waals surface area (Å²) in [7, 11) is 1.39. The summed E-state index contributed by atoms with van der Waals surface area (Å²) >= 11 is 1.76. The predicted octanol–water partition coefficient (Wildman–Crippen LogP) is 1.61. The third-order valence-corrected chi connectivity index (χ3v) is 2.75. The van der Waals surface area contributed by atoms with Gasteiger partial charge < -0.3 is 0 Å². The second-order valence-corrected chi connectivity index (χ2v) is 6.82. The van der Waals surface area contributed by atoms with Crippen LogP contribution in [0.1, 0.15) is 29.8 Å². The van der Waals surface area contributed by atoms with E-state index in [1.54, 1.807) is 34.4 Å². The van der Waals surface area contributed by atoms with Gasteiger partial charge in [0.2, 0.25) is 0 Å². The number of methoxy groups -OCH3 is 1. The molecule has 0 amide bonds. The van der Waals surface area contributed by atoms with Crippen molar-refractivity contribution in [3.63, 3.8) is 0 Å². The molecule has 2 nitrogen and oxygen atoms in total. The Morgan fingerprint density at radius 1 is 1.29 bits per heavy atom. The zero-order valence-corrected chi connectivity index (χ0v) is 11.1. The summed E-state index contributed by atoms with van der Waals surface area (Å²) in [6.45, 7) is 4.32. The first-order chi connectivity index (χ1) is 6.45. The molecule has 0 unspecified atom stereocenters. The van der Waals surface area contributed by atoms with E-state index < -0.39 is 0 Å². The molecule has 0 aliphatic carbocycles. The van der Waals surface area contributed by atoms with Crippen LogP contribution >= 0.6 is 0 Å². The molecule has 0 bridgehead atoms. The van der Waals surface area contributed by atoms with Gasteiger partial charge in [-0.15, -0.1) is 0 Å². The van der Waals surface area contributed by atoms with Gasteiger partial charge in [-0.3, -0.25) is 0 Å². The summed E-state index contributed by atoms with van der Waals surface area (Å²) in [5.41, 5.74) is 1.84.